The maximum Gasteiger partial charge on any atom is 0.178 e. The lowest BCUT2D eigenvalue weighted by molar-refractivity contribution is 0.0590. The zero-order chi connectivity index (χ0) is 14.7. The second kappa shape index (κ2) is 6.46. The molecule has 5 heteroatoms. The van der Waals surface area contributed by atoms with Gasteiger partial charge in [0.2, 0.25) is 0 Å². The Hall–Kier alpha value is -0.910. The third-order valence-electron chi connectivity index (χ3n) is 4.45. The topological polar surface area (TPSA) is 55.4 Å². The quantitative estimate of drug-likeness (QED) is 0.849. The van der Waals surface area contributed by atoms with E-state index in [0.29, 0.717) is 24.0 Å². The number of sulfone groups is 1. The minimum atomic E-state index is -3.09. The smallest absolute Gasteiger partial charge is 0.178 e. The second-order valence-electron chi connectivity index (χ2n) is 5.93. The average molecular weight is 309 g/mol. The number of hydrogen-bond donors (Lipinski definition) is 1. The summed E-state index contributed by atoms with van der Waals surface area (Å²) in [6.45, 7) is 1.48. The van der Waals surface area contributed by atoms with E-state index in [9.17, 15) is 8.42 Å². The van der Waals surface area contributed by atoms with E-state index in [4.69, 9.17) is 4.74 Å². The highest BCUT2D eigenvalue weighted by Crippen LogP contribution is 2.31. The summed E-state index contributed by atoms with van der Waals surface area (Å²) in [4.78, 5) is 0.491. The van der Waals surface area contributed by atoms with Crippen LogP contribution < -0.4 is 5.32 Å². The second-order valence-corrected chi connectivity index (χ2v) is 8.01. The average Bonchev–Trinajstić information content (AvgIpc) is 2.99. The lowest BCUT2D eigenvalue weighted by Crippen LogP contribution is -2.32. The molecule has 1 aliphatic heterocycles. The van der Waals surface area contributed by atoms with Gasteiger partial charge >= 0.3 is 0 Å². The van der Waals surface area contributed by atoms with Gasteiger partial charge in [0.25, 0.3) is 0 Å². The molecule has 0 radical (unpaired) electrons. The van der Waals surface area contributed by atoms with Crippen molar-refractivity contribution in [3.8, 4) is 0 Å². The van der Waals surface area contributed by atoms with Gasteiger partial charge in [0, 0.05) is 12.6 Å². The summed E-state index contributed by atoms with van der Waals surface area (Å²) in [5.41, 5.74) is 0.907. The monoisotopic (exact) mass is 309 g/mol. The molecule has 1 N–H and O–H groups in total. The molecule has 1 heterocycles. The first-order valence-corrected chi connectivity index (χ1v) is 9.49. The van der Waals surface area contributed by atoms with E-state index in [1.54, 1.807) is 12.1 Å². The molecule has 0 bridgehead atoms. The molecule has 1 aromatic carbocycles. The van der Waals surface area contributed by atoms with Crippen LogP contribution in [0.25, 0.3) is 0 Å². The summed E-state index contributed by atoms with van der Waals surface area (Å²) < 4.78 is 30.0. The van der Waals surface area contributed by atoms with E-state index in [0.717, 1.165) is 12.1 Å². The van der Waals surface area contributed by atoms with Crippen LogP contribution in [-0.4, -0.2) is 33.4 Å². The van der Waals surface area contributed by atoms with Gasteiger partial charge in [-0.05, 0) is 30.9 Å². The minimum Gasteiger partial charge on any atom is -0.377 e. The van der Waals surface area contributed by atoms with Crippen LogP contribution >= 0.6 is 0 Å². The van der Waals surface area contributed by atoms with Crippen molar-refractivity contribution < 1.29 is 13.2 Å². The van der Waals surface area contributed by atoms with Crippen LogP contribution in [0.1, 0.15) is 43.7 Å². The van der Waals surface area contributed by atoms with E-state index in [2.05, 4.69) is 5.32 Å². The summed E-state index contributed by atoms with van der Waals surface area (Å²) in [5.74, 6) is 0.227. The standard InChI is InChI=1S/C16H23NO3S/c18-21(19)12-9-15(14-7-3-4-8-16(14)21)17-10-11-20-13-5-1-2-6-13/h3-4,7-8,13,15,17H,1-2,5-6,9-12H2. The van der Waals surface area contributed by atoms with Crippen molar-refractivity contribution in [1.29, 1.82) is 0 Å². The fourth-order valence-electron chi connectivity index (χ4n) is 3.32. The van der Waals surface area contributed by atoms with Gasteiger partial charge in [-0.25, -0.2) is 8.42 Å². The van der Waals surface area contributed by atoms with Crippen molar-refractivity contribution in [2.75, 3.05) is 18.9 Å². The van der Waals surface area contributed by atoms with Gasteiger partial charge in [-0.15, -0.1) is 0 Å². The number of ether oxygens (including phenoxy) is 1. The van der Waals surface area contributed by atoms with E-state index in [1.165, 1.54) is 25.7 Å². The van der Waals surface area contributed by atoms with Crippen LogP contribution in [0.15, 0.2) is 29.2 Å². The predicted octanol–water partition coefficient (Wildman–Crippen LogP) is 2.45. The Bertz CT molecular complexity index is 579. The fourth-order valence-corrected chi connectivity index (χ4v) is 4.94. The Morgan fingerprint density at radius 2 is 1.90 bits per heavy atom. The normalized spacial score (nSPS) is 24.9. The van der Waals surface area contributed by atoms with Crippen molar-refractivity contribution in [3.63, 3.8) is 0 Å². The van der Waals surface area contributed by atoms with Gasteiger partial charge in [0.05, 0.1) is 23.4 Å². The van der Waals surface area contributed by atoms with Gasteiger partial charge in [0.1, 0.15) is 0 Å². The Morgan fingerprint density at radius 1 is 1.14 bits per heavy atom. The number of nitrogens with one attached hydrogen (secondary N) is 1. The SMILES string of the molecule is O=S1(=O)CCC(NCCOC2CCCC2)c2ccccc21. The highest BCUT2D eigenvalue weighted by Gasteiger charge is 2.29. The number of benzene rings is 1. The van der Waals surface area contributed by atoms with Crippen LogP contribution in [0.4, 0.5) is 0 Å². The van der Waals surface area contributed by atoms with Crippen LogP contribution in [0.5, 0.6) is 0 Å². The number of hydrogen-bond acceptors (Lipinski definition) is 4. The predicted molar refractivity (Wildman–Crippen MR) is 82.1 cm³/mol. The fraction of sp³-hybridized carbons (Fsp3) is 0.625. The van der Waals surface area contributed by atoms with E-state index >= 15 is 0 Å². The highest BCUT2D eigenvalue weighted by molar-refractivity contribution is 7.91. The molecule has 3 rings (SSSR count). The van der Waals surface area contributed by atoms with Crippen molar-refractivity contribution >= 4 is 9.84 Å². The molecule has 0 spiro atoms. The largest absolute Gasteiger partial charge is 0.377 e. The van der Waals surface area contributed by atoms with Crippen molar-refractivity contribution in [2.24, 2.45) is 0 Å². The zero-order valence-electron chi connectivity index (χ0n) is 12.3. The van der Waals surface area contributed by atoms with Gasteiger partial charge in [0.15, 0.2) is 9.84 Å². The van der Waals surface area contributed by atoms with Crippen molar-refractivity contribution in [3.05, 3.63) is 29.8 Å². The molecule has 0 amide bonds. The Labute approximate surface area is 126 Å². The van der Waals surface area contributed by atoms with Gasteiger partial charge in [-0.2, -0.15) is 0 Å². The molecule has 1 atom stereocenters. The Balaban J connectivity index is 1.56. The van der Waals surface area contributed by atoms with Gasteiger partial charge in [-0.3, -0.25) is 0 Å². The highest BCUT2D eigenvalue weighted by atomic mass is 32.2. The number of rotatable bonds is 5. The summed E-state index contributed by atoms with van der Waals surface area (Å²) in [6, 6.07) is 7.46. The third kappa shape index (κ3) is 3.47. The van der Waals surface area contributed by atoms with Gasteiger partial charge in [-0.1, -0.05) is 31.0 Å². The maximum atomic E-state index is 12.1. The van der Waals surface area contributed by atoms with Crippen LogP contribution in [0.2, 0.25) is 0 Å². The molecule has 1 saturated carbocycles. The summed E-state index contributed by atoms with van der Waals surface area (Å²) in [5, 5.41) is 3.45. The molecule has 1 aliphatic carbocycles. The Kier molecular flexibility index (Phi) is 4.62. The lowest BCUT2D eigenvalue weighted by atomic mass is 10.0. The molecule has 4 nitrogen and oxygen atoms in total. The van der Waals surface area contributed by atoms with Crippen molar-refractivity contribution in [2.45, 2.75) is 49.1 Å². The minimum absolute atomic E-state index is 0.122. The molecule has 0 aromatic heterocycles. The summed E-state index contributed by atoms with van der Waals surface area (Å²) >= 11 is 0. The first-order chi connectivity index (χ1) is 10.2. The first kappa shape index (κ1) is 15.0. The van der Waals surface area contributed by atoms with Crippen LogP contribution in [0.3, 0.4) is 0 Å². The van der Waals surface area contributed by atoms with E-state index in [1.807, 2.05) is 12.1 Å². The van der Waals surface area contributed by atoms with E-state index < -0.39 is 9.84 Å². The summed E-state index contributed by atoms with van der Waals surface area (Å²) in [7, 11) is -3.09. The molecule has 116 valence electrons. The Morgan fingerprint density at radius 3 is 2.71 bits per heavy atom. The molecule has 1 fully saturated rings. The molecule has 1 unspecified atom stereocenters. The number of fused-ring (bicyclic) bond motifs is 1. The maximum absolute atomic E-state index is 12.1. The molecule has 21 heavy (non-hydrogen) atoms. The molecule has 1 aromatic rings. The lowest BCUT2D eigenvalue weighted by Gasteiger charge is -2.26. The zero-order valence-corrected chi connectivity index (χ0v) is 13.1. The van der Waals surface area contributed by atoms with Gasteiger partial charge < -0.3 is 10.1 Å². The first-order valence-electron chi connectivity index (χ1n) is 7.83. The van der Waals surface area contributed by atoms with E-state index in [-0.39, 0.29) is 11.8 Å². The van der Waals surface area contributed by atoms with Crippen LogP contribution in [0, 0.1) is 0 Å². The molecular formula is C16H23NO3S. The molecule has 2 aliphatic rings. The summed E-state index contributed by atoms with van der Waals surface area (Å²) in [6.07, 6.45) is 6.02. The van der Waals surface area contributed by atoms with Crippen LogP contribution in [-0.2, 0) is 14.6 Å². The molecular weight excluding hydrogens is 286 g/mol. The molecule has 0 saturated heterocycles. The van der Waals surface area contributed by atoms with Crippen molar-refractivity contribution in [1.82, 2.24) is 5.32 Å². The third-order valence-corrected chi connectivity index (χ3v) is 6.27.